The van der Waals surface area contributed by atoms with Crippen molar-refractivity contribution in [1.29, 1.82) is 0 Å². The zero-order valence-corrected chi connectivity index (χ0v) is 17.7. The van der Waals surface area contributed by atoms with Gasteiger partial charge in [-0.05, 0) is 48.9 Å². The fraction of sp³-hybridized carbons (Fsp3) is 0.174. The minimum atomic E-state index is -3.82. The van der Waals surface area contributed by atoms with Gasteiger partial charge in [0.2, 0.25) is 0 Å². The van der Waals surface area contributed by atoms with E-state index >= 15 is 0 Å². The summed E-state index contributed by atoms with van der Waals surface area (Å²) < 4.78 is 38.8. The van der Waals surface area contributed by atoms with Crippen LogP contribution < -0.4 is 19.5 Å². The third-order valence-corrected chi connectivity index (χ3v) is 6.25. The Balaban J connectivity index is 1.44. The van der Waals surface area contributed by atoms with Crippen molar-refractivity contribution in [2.75, 3.05) is 17.9 Å². The predicted molar refractivity (Wildman–Crippen MR) is 117 cm³/mol. The summed E-state index contributed by atoms with van der Waals surface area (Å²) in [6, 6.07) is 20.2. The summed E-state index contributed by atoms with van der Waals surface area (Å²) in [5.74, 6) is 0.677. The van der Waals surface area contributed by atoms with Gasteiger partial charge in [-0.3, -0.25) is 9.52 Å². The molecule has 2 N–H and O–H groups in total. The fourth-order valence-corrected chi connectivity index (χ4v) is 4.27. The number of carbonyl (C=O) groups is 1. The van der Waals surface area contributed by atoms with E-state index in [1.54, 1.807) is 30.3 Å². The van der Waals surface area contributed by atoms with Crippen molar-refractivity contribution in [2.24, 2.45) is 0 Å². The number of benzene rings is 3. The summed E-state index contributed by atoms with van der Waals surface area (Å²) >= 11 is 0. The van der Waals surface area contributed by atoms with Crippen LogP contribution in [0.3, 0.4) is 0 Å². The Morgan fingerprint density at radius 1 is 0.903 bits per heavy atom. The Hall–Kier alpha value is -3.52. The van der Waals surface area contributed by atoms with Crippen molar-refractivity contribution in [1.82, 2.24) is 5.32 Å². The Morgan fingerprint density at radius 3 is 2.29 bits per heavy atom. The first-order chi connectivity index (χ1) is 14.9. The van der Waals surface area contributed by atoms with E-state index in [9.17, 15) is 13.2 Å². The summed E-state index contributed by atoms with van der Waals surface area (Å²) in [5.41, 5.74) is 1.78. The molecule has 0 fully saturated rings. The quantitative estimate of drug-likeness (QED) is 0.611. The number of amides is 1. The Labute approximate surface area is 181 Å². The second kappa shape index (κ2) is 8.69. The number of sulfonamides is 1. The molecule has 1 aliphatic rings. The lowest BCUT2D eigenvalue weighted by molar-refractivity contribution is 0.0940. The first-order valence-corrected chi connectivity index (χ1v) is 11.3. The summed E-state index contributed by atoms with van der Waals surface area (Å²) in [4.78, 5) is 12.6. The van der Waals surface area contributed by atoms with Crippen LogP contribution in [0, 0.1) is 0 Å². The Kier molecular flexibility index (Phi) is 5.81. The highest BCUT2D eigenvalue weighted by Crippen LogP contribution is 2.32. The lowest BCUT2D eigenvalue weighted by atomic mass is 10.1. The molecule has 160 valence electrons. The van der Waals surface area contributed by atoms with E-state index in [0.717, 1.165) is 5.56 Å². The van der Waals surface area contributed by atoms with E-state index in [1.165, 1.54) is 12.1 Å². The highest BCUT2D eigenvalue weighted by atomic mass is 32.2. The monoisotopic (exact) mass is 438 g/mol. The van der Waals surface area contributed by atoms with Crippen LogP contribution >= 0.6 is 0 Å². The molecule has 0 aromatic heterocycles. The first kappa shape index (κ1) is 20.7. The van der Waals surface area contributed by atoms with E-state index in [1.807, 2.05) is 37.3 Å². The highest BCUT2D eigenvalue weighted by Gasteiger charge is 2.20. The van der Waals surface area contributed by atoms with Crippen LogP contribution in [-0.2, 0) is 10.0 Å². The van der Waals surface area contributed by atoms with Crippen LogP contribution in [0.25, 0.3) is 0 Å². The van der Waals surface area contributed by atoms with Crippen LogP contribution in [0.2, 0.25) is 0 Å². The molecular formula is C23H22N2O5S. The van der Waals surface area contributed by atoms with Gasteiger partial charge in [0.05, 0.1) is 10.9 Å². The average molecular weight is 439 g/mol. The standard InChI is InChI=1S/C23H22N2O5S/c1-16(17-5-3-2-4-6-17)24-23(26)18-7-9-19(10-8-18)25-31(27,28)20-11-12-21-22(15-20)30-14-13-29-21/h2-12,15-16,25H,13-14H2,1H3,(H,24,26)/t16-/m1/s1. The van der Waals surface area contributed by atoms with Crippen LogP contribution in [0.15, 0.2) is 77.7 Å². The van der Waals surface area contributed by atoms with Gasteiger partial charge >= 0.3 is 0 Å². The second-order valence-electron chi connectivity index (χ2n) is 7.09. The second-order valence-corrected chi connectivity index (χ2v) is 8.78. The van der Waals surface area contributed by atoms with Gasteiger partial charge in [0.15, 0.2) is 11.5 Å². The molecule has 1 heterocycles. The van der Waals surface area contributed by atoms with E-state index in [-0.39, 0.29) is 16.8 Å². The number of anilines is 1. The van der Waals surface area contributed by atoms with Gasteiger partial charge < -0.3 is 14.8 Å². The molecular weight excluding hydrogens is 416 g/mol. The van der Waals surface area contributed by atoms with Crippen LogP contribution in [0.1, 0.15) is 28.9 Å². The molecule has 3 aromatic rings. The fourth-order valence-electron chi connectivity index (χ4n) is 3.20. The Morgan fingerprint density at radius 2 is 1.58 bits per heavy atom. The number of nitrogens with one attached hydrogen (secondary N) is 2. The van der Waals surface area contributed by atoms with E-state index < -0.39 is 10.0 Å². The van der Waals surface area contributed by atoms with E-state index in [2.05, 4.69) is 10.0 Å². The van der Waals surface area contributed by atoms with Gasteiger partial charge in [-0.2, -0.15) is 0 Å². The summed E-state index contributed by atoms with van der Waals surface area (Å²) in [6.07, 6.45) is 0. The van der Waals surface area contributed by atoms with Gasteiger partial charge in [0.25, 0.3) is 15.9 Å². The normalized spacial score (nSPS) is 13.8. The molecule has 0 spiro atoms. The van der Waals surface area contributed by atoms with Crippen molar-refractivity contribution >= 4 is 21.6 Å². The molecule has 4 rings (SSSR count). The van der Waals surface area contributed by atoms with Gasteiger partial charge in [0, 0.05) is 17.3 Å². The van der Waals surface area contributed by atoms with Crippen LogP contribution in [0.4, 0.5) is 5.69 Å². The van der Waals surface area contributed by atoms with Gasteiger partial charge in [-0.1, -0.05) is 30.3 Å². The molecule has 1 atom stereocenters. The van der Waals surface area contributed by atoms with Crippen molar-refractivity contribution in [2.45, 2.75) is 17.9 Å². The molecule has 1 amide bonds. The molecule has 1 aliphatic heterocycles. The third kappa shape index (κ3) is 4.80. The average Bonchev–Trinajstić information content (AvgIpc) is 2.79. The minimum absolute atomic E-state index is 0.0651. The molecule has 7 nitrogen and oxygen atoms in total. The van der Waals surface area contributed by atoms with Gasteiger partial charge in [-0.25, -0.2) is 8.42 Å². The van der Waals surface area contributed by atoms with E-state index in [0.29, 0.717) is 36.0 Å². The Bertz CT molecular complexity index is 1180. The number of ether oxygens (including phenoxy) is 2. The molecule has 0 radical (unpaired) electrons. The first-order valence-electron chi connectivity index (χ1n) is 9.81. The maximum atomic E-state index is 12.7. The number of rotatable bonds is 6. The molecule has 0 saturated heterocycles. The predicted octanol–water partition coefficient (Wildman–Crippen LogP) is 3.75. The molecule has 0 unspecified atom stereocenters. The van der Waals surface area contributed by atoms with Gasteiger partial charge in [-0.15, -0.1) is 0 Å². The molecule has 0 aliphatic carbocycles. The largest absolute Gasteiger partial charge is 0.486 e. The number of hydrogen-bond donors (Lipinski definition) is 2. The van der Waals surface area contributed by atoms with Crippen LogP contribution in [0.5, 0.6) is 11.5 Å². The molecule has 8 heteroatoms. The molecule has 0 saturated carbocycles. The number of hydrogen-bond acceptors (Lipinski definition) is 5. The lowest BCUT2D eigenvalue weighted by Crippen LogP contribution is -2.26. The molecule has 0 bridgehead atoms. The zero-order chi connectivity index (χ0) is 21.8. The lowest BCUT2D eigenvalue weighted by Gasteiger charge is -2.19. The highest BCUT2D eigenvalue weighted by molar-refractivity contribution is 7.92. The summed E-state index contributed by atoms with van der Waals surface area (Å²) in [7, 11) is -3.82. The maximum absolute atomic E-state index is 12.7. The van der Waals surface area contributed by atoms with Crippen molar-refractivity contribution < 1.29 is 22.7 Å². The third-order valence-electron chi connectivity index (χ3n) is 4.87. The number of carbonyl (C=O) groups excluding carboxylic acids is 1. The number of fused-ring (bicyclic) bond motifs is 1. The smallest absolute Gasteiger partial charge is 0.262 e. The summed E-state index contributed by atoms with van der Waals surface area (Å²) in [6.45, 7) is 2.71. The molecule has 31 heavy (non-hydrogen) atoms. The van der Waals surface area contributed by atoms with E-state index in [4.69, 9.17) is 9.47 Å². The molecule has 3 aromatic carbocycles. The minimum Gasteiger partial charge on any atom is -0.486 e. The maximum Gasteiger partial charge on any atom is 0.262 e. The van der Waals surface area contributed by atoms with Gasteiger partial charge in [0.1, 0.15) is 13.2 Å². The topological polar surface area (TPSA) is 93.7 Å². The SMILES string of the molecule is C[C@@H](NC(=O)c1ccc(NS(=O)(=O)c2ccc3c(c2)OCCO3)cc1)c1ccccc1. The van der Waals surface area contributed by atoms with Crippen LogP contribution in [-0.4, -0.2) is 27.5 Å². The van der Waals surface area contributed by atoms with Crippen molar-refractivity contribution in [3.05, 3.63) is 83.9 Å². The summed E-state index contributed by atoms with van der Waals surface area (Å²) in [5, 5.41) is 2.93. The van der Waals surface area contributed by atoms with Crippen molar-refractivity contribution in [3.63, 3.8) is 0 Å². The zero-order valence-electron chi connectivity index (χ0n) is 16.9. The van der Waals surface area contributed by atoms with Crippen molar-refractivity contribution in [3.8, 4) is 11.5 Å².